The third-order valence-corrected chi connectivity index (χ3v) is 2.66. The van der Waals surface area contributed by atoms with Gasteiger partial charge in [0.15, 0.2) is 5.78 Å². The number of carbonyl (C=O) groups is 3. The van der Waals surface area contributed by atoms with Crippen LogP contribution in [0.5, 0.6) is 0 Å². The van der Waals surface area contributed by atoms with Gasteiger partial charge in [-0.05, 0) is 30.7 Å². The van der Waals surface area contributed by atoms with Gasteiger partial charge < -0.3 is 9.90 Å². The fourth-order valence-corrected chi connectivity index (χ4v) is 1.53. The highest BCUT2D eigenvalue weighted by molar-refractivity contribution is 6.30. The predicted molar refractivity (Wildman–Crippen MR) is 64.3 cm³/mol. The SMILES string of the molecule is O=C([O-])CCC(=O)CCC(=O)c1ccc(Cl)cc1. The average molecular weight is 268 g/mol. The minimum Gasteiger partial charge on any atom is -0.550 e. The number of hydrogen-bond donors (Lipinski definition) is 0. The van der Waals surface area contributed by atoms with Crippen molar-refractivity contribution in [2.75, 3.05) is 0 Å². The minimum atomic E-state index is -1.26. The maximum Gasteiger partial charge on any atom is 0.163 e. The lowest BCUT2D eigenvalue weighted by Gasteiger charge is -2.02. The molecule has 0 spiro atoms. The van der Waals surface area contributed by atoms with E-state index in [1.165, 1.54) is 0 Å². The van der Waals surface area contributed by atoms with Gasteiger partial charge in [0, 0.05) is 35.8 Å². The second-order valence-electron chi connectivity index (χ2n) is 3.84. The van der Waals surface area contributed by atoms with Crippen molar-refractivity contribution in [1.82, 2.24) is 0 Å². The summed E-state index contributed by atoms with van der Waals surface area (Å²) in [5.41, 5.74) is 0.493. The number of carboxylic acids is 1. The monoisotopic (exact) mass is 267 g/mol. The Morgan fingerprint density at radius 3 is 2.06 bits per heavy atom. The van der Waals surface area contributed by atoms with Gasteiger partial charge in [0.1, 0.15) is 5.78 Å². The lowest BCUT2D eigenvalue weighted by molar-refractivity contribution is -0.305. The Hall–Kier alpha value is -1.68. The van der Waals surface area contributed by atoms with Gasteiger partial charge in [0.05, 0.1) is 0 Å². The van der Waals surface area contributed by atoms with Gasteiger partial charge in [-0.3, -0.25) is 9.59 Å². The van der Waals surface area contributed by atoms with Crippen molar-refractivity contribution in [3.8, 4) is 0 Å². The van der Waals surface area contributed by atoms with Gasteiger partial charge in [-0.15, -0.1) is 0 Å². The number of carbonyl (C=O) groups excluding carboxylic acids is 3. The molecule has 1 rings (SSSR count). The van der Waals surface area contributed by atoms with Crippen LogP contribution in [-0.2, 0) is 9.59 Å². The van der Waals surface area contributed by atoms with Crippen LogP contribution in [0.25, 0.3) is 0 Å². The molecule has 0 unspecified atom stereocenters. The molecule has 4 nitrogen and oxygen atoms in total. The molecule has 0 aliphatic heterocycles. The molecule has 0 amide bonds. The highest BCUT2D eigenvalue weighted by atomic mass is 35.5. The van der Waals surface area contributed by atoms with Crippen LogP contribution < -0.4 is 5.11 Å². The van der Waals surface area contributed by atoms with E-state index in [2.05, 4.69) is 0 Å². The van der Waals surface area contributed by atoms with E-state index in [1.807, 2.05) is 0 Å². The molecule has 18 heavy (non-hydrogen) atoms. The van der Waals surface area contributed by atoms with Crippen molar-refractivity contribution in [2.24, 2.45) is 0 Å². The molecule has 0 radical (unpaired) electrons. The first kappa shape index (κ1) is 14.4. The Kier molecular flexibility index (Phi) is 5.52. The Morgan fingerprint density at radius 2 is 1.50 bits per heavy atom. The van der Waals surface area contributed by atoms with Crippen molar-refractivity contribution < 1.29 is 19.5 Å². The fraction of sp³-hybridized carbons (Fsp3) is 0.308. The van der Waals surface area contributed by atoms with Crippen LogP contribution >= 0.6 is 11.6 Å². The number of aliphatic carboxylic acids is 1. The number of ketones is 2. The zero-order valence-corrected chi connectivity index (χ0v) is 10.4. The largest absolute Gasteiger partial charge is 0.550 e. The number of Topliss-reactive ketones (excluding diaryl/α,β-unsaturated/α-hetero) is 2. The Morgan fingerprint density at radius 1 is 0.944 bits per heavy atom. The first-order chi connectivity index (χ1) is 8.49. The molecule has 1 aromatic rings. The number of carboxylic acid groups (broad SMARTS) is 1. The smallest absolute Gasteiger partial charge is 0.163 e. The maximum atomic E-state index is 11.7. The zero-order chi connectivity index (χ0) is 13.5. The Bertz CT molecular complexity index is 451. The van der Waals surface area contributed by atoms with Gasteiger partial charge in [-0.25, -0.2) is 0 Å². The molecule has 0 aromatic heterocycles. The van der Waals surface area contributed by atoms with Gasteiger partial charge in [0.25, 0.3) is 0 Å². The van der Waals surface area contributed by atoms with Crippen molar-refractivity contribution in [2.45, 2.75) is 25.7 Å². The van der Waals surface area contributed by atoms with Crippen LogP contribution in [0.4, 0.5) is 0 Å². The molecule has 0 N–H and O–H groups in total. The highest BCUT2D eigenvalue weighted by Crippen LogP contribution is 2.12. The normalized spacial score (nSPS) is 10.1. The molecule has 0 bridgehead atoms. The summed E-state index contributed by atoms with van der Waals surface area (Å²) < 4.78 is 0. The average Bonchev–Trinajstić information content (AvgIpc) is 2.34. The van der Waals surface area contributed by atoms with E-state index in [-0.39, 0.29) is 37.2 Å². The third kappa shape index (κ3) is 5.10. The number of hydrogen-bond acceptors (Lipinski definition) is 4. The minimum absolute atomic E-state index is 0.0503. The summed E-state index contributed by atoms with van der Waals surface area (Å²) in [7, 11) is 0. The first-order valence-corrected chi connectivity index (χ1v) is 5.87. The molecule has 1 aromatic carbocycles. The first-order valence-electron chi connectivity index (χ1n) is 5.49. The quantitative estimate of drug-likeness (QED) is 0.700. The molecular weight excluding hydrogens is 256 g/mol. The van der Waals surface area contributed by atoms with Crippen molar-refractivity contribution in [3.05, 3.63) is 34.9 Å². The number of benzene rings is 1. The summed E-state index contributed by atoms with van der Waals surface area (Å²) in [5.74, 6) is -1.66. The standard InChI is InChI=1S/C13H13ClO4/c14-10-3-1-9(2-4-10)12(16)7-5-11(15)6-8-13(17)18/h1-4H,5-8H2,(H,17,18)/p-1. The summed E-state index contributed by atoms with van der Waals surface area (Å²) >= 11 is 5.69. The topological polar surface area (TPSA) is 74.3 Å². The van der Waals surface area contributed by atoms with E-state index in [9.17, 15) is 19.5 Å². The van der Waals surface area contributed by atoms with Crippen molar-refractivity contribution >= 4 is 29.1 Å². The summed E-state index contributed by atoms with van der Waals surface area (Å²) in [4.78, 5) is 33.1. The zero-order valence-electron chi connectivity index (χ0n) is 9.65. The summed E-state index contributed by atoms with van der Waals surface area (Å²) in [6, 6.07) is 6.39. The number of halogens is 1. The van der Waals surface area contributed by atoms with E-state index < -0.39 is 5.97 Å². The van der Waals surface area contributed by atoms with Gasteiger partial charge in [0.2, 0.25) is 0 Å². The van der Waals surface area contributed by atoms with Crippen LogP contribution in [-0.4, -0.2) is 17.5 Å². The van der Waals surface area contributed by atoms with Crippen molar-refractivity contribution in [3.63, 3.8) is 0 Å². The highest BCUT2D eigenvalue weighted by Gasteiger charge is 2.09. The molecule has 0 fully saturated rings. The molecule has 0 atom stereocenters. The van der Waals surface area contributed by atoms with E-state index >= 15 is 0 Å². The van der Waals surface area contributed by atoms with E-state index in [0.717, 1.165) is 0 Å². The van der Waals surface area contributed by atoms with Crippen LogP contribution in [0.1, 0.15) is 36.0 Å². The van der Waals surface area contributed by atoms with E-state index in [4.69, 9.17) is 11.6 Å². The van der Waals surface area contributed by atoms with Crippen LogP contribution in [0.2, 0.25) is 5.02 Å². The van der Waals surface area contributed by atoms with E-state index in [0.29, 0.717) is 10.6 Å². The van der Waals surface area contributed by atoms with Crippen molar-refractivity contribution in [1.29, 1.82) is 0 Å². The molecule has 0 heterocycles. The lowest BCUT2D eigenvalue weighted by atomic mass is 10.0. The second kappa shape index (κ2) is 6.91. The fourth-order valence-electron chi connectivity index (χ4n) is 1.40. The maximum absolute atomic E-state index is 11.7. The molecular formula is C13H12ClO4-. The third-order valence-electron chi connectivity index (χ3n) is 2.41. The second-order valence-corrected chi connectivity index (χ2v) is 4.28. The molecule has 5 heteroatoms. The summed E-state index contributed by atoms with van der Waals surface area (Å²) in [6.45, 7) is 0. The molecule has 0 aliphatic rings. The predicted octanol–water partition coefficient (Wildman–Crippen LogP) is 1.40. The molecule has 0 saturated carbocycles. The van der Waals surface area contributed by atoms with Gasteiger partial charge in [-0.2, -0.15) is 0 Å². The Labute approximate surface area is 110 Å². The molecule has 96 valence electrons. The van der Waals surface area contributed by atoms with Crippen LogP contribution in [0, 0.1) is 0 Å². The number of rotatable bonds is 7. The van der Waals surface area contributed by atoms with E-state index in [1.54, 1.807) is 24.3 Å². The van der Waals surface area contributed by atoms with Gasteiger partial charge in [-0.1, -0.05) is 11.6 Å². The lowest BCUT2D eigenvalue weighted by Crippen LogP contribution is -2.22. The van der Waals surface area contributed by atoms with Crippen LogP contribution in [0.15, 0.2) is 24.3 Å². The summed E-state index contributed by atoms with van der Waals surface area (Å²) in [5, 5.41) is 10.7. The molecule has 0 aliphatic carbocycles. The van der Waals surface area contributed by atoms with Crippen LogP contribution in [0.3, 0.4) is 0 Å². The molecule has 0 saturated heterocycles. The van der Waals surface area contributed by atoms with Gasteiger partial charge >= 0.3 is 0 Å². The Balaban J connectivity index is 2.39. The summed E-state index contributed by atoms with van der Waals surface area (Å²) in [6.07, 6.45) is -0.257.